The van der Waals surface area contributed by atoms with E-state index in [2.05, 4.69) is 30.5 Å². The van der Waals surface area contributed by atoms with Gasteiger partial charge in [-0.05, 0) is 30.3 Å². The molecule has 0 aliphatic heterocycles. The van der Waals surface area contributed by atoms with Crippen LogP contribution >= 0.6 is 11.3 Å². The maximum Gasteiger partial charge on any atom is 0.262 e. The lowest BCUT2D eigenvalue weighted by Gasteiger charge is -2.13. The summed E-state index contributed by atoms with van der Waals surface area (Å²) < 4.78 is 41.7. The second-order valence-corrected chi connectivity index (χ2v) is 9.45. The molecule has 0 unspecified atom stereocenters. The summed E-state index contributed by atoms with van der Waals surface area (Å²) in [5, 5.41) is 0.930. The zero-order valence-corrected chi connectivity index (χ0v) is 15.6. The second-order valence-electron chi connectivity index (χ2n) is 6.74. The van der Waals surface area contributed by atoms with Crippen LogP contribution in [0.5, 0.6) is 0 Å². The van der Waals surface area contributed by atoms with E-state index < -0.39 is 15.8 Å². The molecule has 25 heavy (non-hydrogen) atoms. The van der Waals surface area contributed by atoms with Crippen LogP contribution in [0.2, 0.25) is 0 Å². The molecular weight excluding hydrogens is 361 g/mol. The van der Waals surface area contributed by atoms with Gasteiger partial charge in [0.1, 0.15) is 5.82 Å². The maximum absolute atomic E-state index is 13.4. The molecule has 0 fully saturated rings. The van der Waals surface area contributed by atoms with Crippen molar-refractivity contribution >= 4 is 43.0 Å². The van der Waals surface area contributed by atoms with Crippen molar-refractivity contribution in [3.05, 3.63) is 47.2 Å². The highest BCUT2D eigenvalue weighted by Gasteiger charge is 2.21. The number of benzene rings is 2. The fourth-order valence-electron chi connectivity index (χ4n) is 2.21. The highest BCUT2D eigenvalue weighted by atomic mass is 32.2. The third kappa shape index (κ3) is 3.59. The average molecular weight is 379 g/mol. The van der Waals surface area contributed by atoms with Gasteiger partial charge in [0, 0.05) is 11.5 Å². The molecule has 5 nitrogen and oxygen atoms in total. The van der Waals surface area contributed by atoms with E-state index in [0.717, 1.165) is 21.3 Å². The first-order valence-electron chi connectivity index (χ1n) is 7.55. The van der Waals surface area contributed by atoms with Gasteiger partial charge in [-0.25, -0.2) is 17.8 Å². The number of nitrogens with zero attached hydrogens (tertiary/aromatic N) is 1. The van der Waals surface area contributed by atoms with Crippen LogP contribution in [-0.4, -0.2) is 13.4 Å². The molecule has 1 heterocycles. The van der Waals surface area contributed by atoms with Crippen LogP contribution < -0.4 is 10.5 Å². The van der Waals surface area contributed by atoms with E-state index in [1.165, 1.54) is 29.5 Å². The Bertz CT molecular complexity index is 1050. The van der Waals surface area contributed by atoms with E-state index in [0.29, 0.717) is 0 Å². The first-order valence-corrected chi connectivity index (χ1v) is 9.85. The van der Waals surface area contributed by atoms with Crippen molar-refractivity contribution < 1.29 is 12.8 Å². The number of nitrogens with two attached hydrogens (primary N) is 1. The number of hydrogen-bond donors (Lipinski definition) is 2. The summed E-state index contributed by atoms with van der Waals surface area (Å²) in [6.45, 7) is 6.16. The molecule has 8 heteroatoms. The molecule has 0 bridgehead atoms. The molecule has 0 aliphatic carbocycles. The lowest BCUT2D eigenvalue weighted by molar-refractivity contribution is 0.587. The molecule has 0 saturated heterocycles. The normalized spacial score (nSPS) is 12.5. The number of halogens is 1. The van der Waals surface area contributed by atoms with Gasteiger partial charge in [0.05, 0.1) is 31.5 Å². The first-order chi connectivity index (χ1) is 11.6. The number of aromatic nitrogens is 1. The molecule has 0 radical (unpaired) electrons. The zero-order valence-electron chi connectivity index (χ0n) is 14.0. The Kier molecular flexibility index (Phi) is 4.20. The van der Waals surface area contributed by atoms with Gasteiger partial charge < -0.3 is 5.73 Å². The minimum absolute atomic E-state index is 0.0137. The van der Waals surface area contributed by atoms with Crippen molar-refractivity contribution in [3.8, 4) is 0 Å². The minimum Gasteiger partial charge on any atom is -0.397 e. The van der Waals surface area contributed by atoms with Crippen LogP contribution in [0.15, 0.2) is 41.3 Å². The Balaban J connectivity index is 2.01. The quantitative estimate of drug-likeness (QED) is 0.671. The Labute approximate surface area is 149 Å². The molecule has 2 aromatic carbocycles. The largest absolute Gasteiger partial charge is 0.397 e. The van der Waals surface area contributed by atoms with Crippen LogP contribution in [0.25, 0.3) is 10.2 Å². The van der Waals surface area contributed by atoms with E-state index in [-0.39, 0.29) is 21.7 Å². The van der Waals surface area contributed by atoms with E-state index >= 15 is 0 Å². The van der Waals surface area contributed by atoms with Crippen LogP contribution in [0.3, 0.4) is 0 Å². The standard InChI is InChI=1S/C17H18FN3O2S2/c1-17(2,3)16-20-13-7-5-11(9-15(13)24-16)25(22,23)21-14-8-10(18)4-6-12(14)19/h4-9,21H,19H2,1-3H3. The summed E-state index contributed by atoms with van der Waals surface area (Å²) in [7, 11) is -3.89. The predicted octanol–water partition coefficient (Wildman–Crippen LogP) is 4.12. The molecule has 3 N–H and O–H groups in total. The summed E-state index contributed by atoms with van der Waals surface area (Å²) in [6.07, 6.45) is 0. The number of fused-ring (bicyclic) bond motifs is 1. The number of anilines is 2. The number of sulfonamides is 1. The average Bonchev–Trinajstić information content (AvgIpc) is 2.94. The topological polar surface area (TPSA) is 85.1 Å². The molecule has 0 atom stereocenters. The van der Waals surface area contributed by atoms with Gasteiger partial charge in [-0.2, -0.15) is 0 Å². The van der Waals surface area contributed by atoms with Gasteiger partial charge in [0.2, 0.25) is 0 Å². The van der Waals surface area contributed by atoms with Crippen molar-refractivity contribution in [2.24, 2.45) is 0 Å². The van der Waals surface area contributed by atoms with E-state index in [4.69, 9.17) is 5.73 Å². The lowest BCUT2D eigenvalue weighted by atomic mass is 9.98. The minimum atomic E-state index is -3.89. The number of nitrogen functional groups attached to an aromatic ring is 1. The Hall–Kier alpha value is -2.19. The molecule has 1 aromatic heterocycles. The fraction of sp³-hybridized carbons (Fsp3) is 0.235. The third-order valence-electron chi connectivity index (χ3n) is 3.57. The van der Waals surface area contributed by atoms with Crippen molar-refractivity contribution in [1.29, 1.82) is 0 Å². The highest BCUT2D eigenvalue weighted by molar-refractivity contribution is 7.92. The van der Waals surface area contributed by atoms with E-state index in [1.54, 1.807) is 12.1 Å². The van der Waals surface area contributed by atoms with Gasteiger partial charge in [-0.1, -0.05) is 20.8 Å². The lowest BCUT2D eigenvalue weighted by Crippen LogP contribution is -2.14. The Morgan fingerprint density at radius 3 is 2.56 bits per heavy atom. The van der Waals surface area contributed by atoms with Crippen LogP contribution in [-0.2, 0) is 15.4 Å². The Morgan fingerprint density at radius 2 is 1.88 bits per heavy atom. The highest BCUT2D eigenvalue weighted by Crippen LogP contribution is 2.33. The van der Waals surface area contributed by atoms with E-state index in [9.17, 15) is 12.8 Å². The summed E-state index contributed by atoms with van der Waals surface area (Å²) in [5.41, 5.74) is 6.52. The molecular formula is C17H18FN3O2S2. The Morgan fingerprint density at radius 1 is 1.16 bits per heavy atom. The van der Waals surface area contributed by atoms with Gasteiger partial charge in [-0.15, -0.1) is 11.3 Å². The van der Waals surface area contributed by atoms with Crippen molar-refractivity contribution in [3.63, 3.8) is 0 Å². The van der Waals surface area contributed by atoms with Gasteiger partial charge in [0.25, 0.3) is 10.0 Å². The molecule has 0 amide bonds. The summed E-state index contributed by atoms with van der Waals surface area (Å²) in [5.74, 6) is -0.570. The van der Waals surface area contributed by atoms with Gasteiger partial charge >= 0.3 is 0 Å². The maximum atomic E-state index is 13.4. The number of thiazole rings is 1. The molecule has 3 rings (SSSR count). The van der Waals surface area contributed by atoms with Crippen molar-refractivity contribution in [2.45, 2.75) is 31.1 Å². The summed E-state index contributed by atoms with van der Waals surface area (Å²) in [6, 6.07) is 8.26. The predicted molar refractivity (Wildman–Crippen MR) is 99.9 cm³/mol. The summed E-state index contributed by atoms with van der Waals surface area (Å²) >= 11 is 1.46. The third-order valence-corrected chi connectivity index (χ3v) is 6.38. The summed E-state index contributed by atoms with van der Waals surface area (Å²) in [4.78, 5) is 4.63. The first kappa shape index (κ1) is 17.6. The number of hydrogen-bond acceptors (Lipinski definition) is 5. The fourth-order valence-corrected chi connectivity index (χ4v) is 4.46. The zero-order chi connectivity index (χ0) is 18.4. The van der Waals surface area contributed by atoms with Gasteiger partial charge in [-0.3, -0.25) is 4.72 Å². The smallest absolute Gasteiger partial charge is 0.262 e. The van der Waals surface area contributed by atoms with E-state index in [1.807, 2.05) is 0 Å². The SMILES string of the molecule is CC(C)(C)c1nc2ccc(S(=O)(=O)Nc3cc(F)ccc3N)cc2s1. The molecule has 0 aliphatic rings. The van der Waals surface area contributed by atoms with Crippen molar-refractivity contribution in [2.75, 3.05) is 10.5 Å². The van der Waals surface area contributed by atoms with Crippen LogP contribution in [0.1, 0.15) is 25.8 Å². The number of nitrogens with one attached hydrogen (secondary N) is 1. The molecule has 0 spiro atoms. The van der Waals surface area contributed by atoms with Crippen LogP contribution in [0.4, 0.5) is 15.8 Å². The monoisotopic (exact) mass is 379 g/mol. The van der Waals surface area contributed by atoms with Gasteiger partial charge in [0.15, 0.2) is 0 Å². The van der Waals surface area contributed by atoms with Crippen molar-refractivity contribution in [1.82, 2.24) is 4.98 Å². The molecule has 132 valence electrons. The molecule has 0 saturated carbocycles. The van der Waals surface area contributed by atoms with Crippen LogP contribution in [0, 0.1) is 5.82 Å². The number of rotatable bonds is 3. The second kappa shape index (κ2) is 5.96. The molecule has 3 aromatic rings.